The molecule has 3 amide bonds. The third-order valence-corrected chi connectivity index (χ3v) is 8.32. The van der Waals surface area contributed by atoms with Gasteiger partial charge in [-0.1, -0.05) is 91.9 Å². The van der Waals surface area contributed by atoms with Crippen molar-refractivity contribution >= 4 is 33.6 Å². The first-order valence-electron chi connectivity index (χ1n) is 13.9. The van der Waals surface area contributed by atoms with Crippen LogP contribution in [0.5, 0.6) is 0 Å². The van der Waals surface area contributed by atoms with E-state index in [2.05, 4.69) is 15.4 Å². The lowest BCUT2D eigenvalue weighted by Crippen LogP contribution is -2.56. The smallest absolute Gasteiger partial charge is 0.242 e. The zero-order chi connectivity index (χ0) is 31.4. The zero-order valence-corrected chi connectivity index (χ0v) is 24.8. The van der Waals surface area contributed by atoms with E-state index in [0.29, 0.717) is 23.1 Å². The monoisotopic (exact) mass is 606 g/mol. The molecule has 0 spiro atoms. The molecule has 43 heavy (non-hydrogen) atoms. The van der Waals surface area contributed by atoms with Crippen LogP contribution >= 0.6 is 0 Å². The van der Waals surface area contributed by atoms with Crippen LogP contribution in [0.3, 0.4) is 0 Å². The van der Waals surface area contributed by atoms with Crippen molar-refractivity contribution in [1.82, 2.24) is 15.4 Å². The Morgan fingerprint density at radius 3 is 1.88 bits per heavy atom. The highest BCUT2D eigenvalue weighted by molar-refractivity contribution is 7.89. The van der Waals surface area contributed by atoms with Crippen LogP contribution in [0.15, 0.2) is 84.9 Å². The van der Waals surface area contributed by atoms with Crippen molar-refractivity contribution in [2.45, 2.75) is 50.7 Å². The average molecular weight is 607 g/mol. The minimum Gasteiger partial charge on any atom is -0.384 e. The second-order valence-corrected chi connectivity index (χ2v) is 12.0. The molecule has 12 heteroatoms. The van der Waals surface area contributed by atoms with E-state index in [9.17, 15) is 22.8 Å². The van der Waals surface area contributed by atoms with Crippen molar-refractivity contribution in [3.05, 3.63) is 107 Å². The topological polar surface area (TPSA) is 197 Å². The first kappa shape index (κ1) is 33.0. The third kappa shape index (κ3) is 10.0. The number of benzene rings is 3. The third-order valence-electron chi connectivity index (χ3n) is 6.76. The summed E-state index contributed by atoms with van der Waals surface area (Å²) >= 11 is 0. The zero-order valence-electron chi connectivity index (χ0n) is 24.0. The molecule has 228 valence electrons. The van der Waals surface area contributed by atoms with Gasteiger partial charge in [-0.2, -0.15) is 0 Å². The molecule has 0 aliphatic heterocycles. The molecule has 0 heterocycles. The molecule has 0 radical (unpaired) electrons. The summed E-state index contributed by atoms with van der Waals surface area (Å²) in [7, 11) is -3.88. The van der Waals surface area contributed by atoms with Gasteiger partial charge < -0.3 is 22.1 Å². The van der Waals surface area contributed by atoms with E-state index >= 15 is 0 Å². The summed E-state index contributed by atoms with van der Waals surface area (Å²) in [6.07, 6.45) is 0.0622. The summed E-state index contributed by atoms with van der Waals surface area (Å²) in [6.45, 7) is 1.82. The summed E-state index contributed by atoms with van der Waals surface area (Å²) in [5.41, 5.74) is 13.5. The fraction of sp³-hybridized carbons (Fsp3) is 0.290. The molecule has 0 saturated carbocycles. The fourth-order valence-electron chi connectivity index (χ4n) is 4.62. The van der Waals surface area contributed by atoms with E-state index in [-0.39, 0.29) is 31.0 Å². The Balaban J connectivity index is 1.93. The van der Waals surface area contributed by atoms with Crippen molar-refractivity contribution in [2.75, 3.05) is 5.75 Å². The Kier molecular flexibility index (Phi) is 12.0. The Hall–Kier alpha value is -4.55. The van der Waals surface area contributed by atoms with Gasteiger partial charge in [-0.15, -0.1) is 0 Å². The molecular weight excluding hydrogens is 568 g/mol. The van der Waals surface area contributed by atoms with Crippen molar-refractivity contribution in [2.24, 2.45) is 11.5 Å². The van der Waals surface area contributed by atoms with Crippen LogP contribution in [0.1, 0.15) is 54.4 Å². The van der Waals surface area contributed by atoms with Crippen molar-refractivity contribution in [3.63, 3.8) is 0 Å². The maximum absolute atomic E-state index is 14.0. The maximum Gasteiger partial charge on any atom is 0.242 e. The normalized spacial score (nSPS) is 12.7. The van der Waals surface area contributed by atoms with Gasteiger partial charge in [-0.3, -0.25) is 19.8 Å². The molecule has 0 aromatic heterocycles. The van der Waals surface area contributed by atoms with E-state index in [1.807, 2.05) is 12.1 Å². The number of sulfonamides is 1. The standard InChI is InChI=1S/C31H38N6O5S/c1-2-19-43(41,42)37-28(27(22-9-5-3-6-10-22)23-11-7-4-8-12-23)31(40)36-25(17-18-26(32)38)30(39)35-20-21-13-15-24(16-14-21)29(33)34/h3-16,25,27-28,37H,2,17-20H2,1H3,(H2,32,38)(H3,33,34)(H,35,39)(H,36,40)/t25-,28+/m0/s1. The SMILES string of the molecule is CCCS(=O)(=O)N[C@@H](C(=O)N[C@@H](CCC(N)=O)C(=O)NCc1ccc(C(=N)N)cc1)C(c1ccccc1)c1ccccc1. The number of rotatable bonds is 16. The highest BCUT2D eigenvalue weighted by Crippen LogP contribution is 2.29. The van der Waals surface area contributed by atoms with Gasteiger partial charge in [0.2, 0.25) is 27.7 Å². The minimum atomic E-state index is -3.88. The van der Waals surface area contributed by atoms with E-state index in [1.165, 1.54) is 0 Å². The number of amides is 3. The molecule has 3 aromatic rings. The van der Waals surface area contributed by atoms with Gasteiger partial charge in [0.05, 0.1) is 5.75 Å². The summed E-state index contributed by atoms with van der Waals surface area (Å²) in [6, 6.07) is 22.3. The molecule has 3 aromatic carbocycles. The summed E-state index contributed by atoms with van der Waals surface area (Å²) in [5, 5.41) is 13.0. The Labute approximate surface area is 252 Å². The predicted octanol–water partition coefficient (Wildman–Crippen LogP) is 1.87. The van der Waals surface area contributed by atoms with Crippen LogP contribution in [0.2, 0.25) is 0 Å². The lowest BCUT2D eigenvalue weighted by molar-refractivity contribution is -0.130. The van der Waals surface area contributed by atoms with E-state index in [1.54, 1.807) is 79.7 Å². The molecule has 0 fully saturated rings. The first-order chi connectivity index (χ1) is 20.5. The van der Waals surface area contributed by atoms with Gasteiger partial charge >= 0.3 is 0 Å². The van der Waals surface area contributed by atoms with E-state index < -0.39 is 45.7 Å². The van der Waals surface area contributed by atoms with Gasteiger partial charge in [-0.25, -0.2) is 13.1 Å². The van der Waals surface area contributed by atoms with Crippen LogP contribution in [0.4, 0.5) is 0 Å². The van der Waals surface area contributed by atoms with Crippen molar-refractivity contribution in [1.29, 1.82) is 5.41 Å². The van der Waals surface area contributed by atoms with Crippen LogP contribution in [-0.2, 0) is 31.0 Å². The second kappa shape index (κ2) is 15.6. The lowest BCUT2D eigenvalue weighted by Gasteiger charge is -2.29. The second-order valence-electron chi connectivity index (χ2n) is 10.1. The Morgan fingerprint density at radius 1 is 0.837 bits per heavy atom. The Morgan fingerprint density at radius 2 is 1.40 bits per heavy atom. The molecule has 0 aliphatic rings. The number of nitrogens with one attached hydrogen (secondary N) is 4. The molecular formula is C31H38N6O5S. The van der Waals surface area contributed by atoms with Gasteiger partial charge in [0.1, 0.15) is 17.9 Å². The molecule has 0 bridgehead atoms. The number of primary amides is 1. The molecule has 3 rings (SSSR count). The van der Waals surface area contributed by atoms with Crippen LogP contribution in [0, 0.1) is 5.41 Å². The summed E-state index contributed by atoms with van der Waals surface area (Å²) in [4.78, 5) is 38.9. The largest absolute Gasteiger partial charge is 0.384 e. The number of carbonyl (C=O) groups excluding carboxylic acids is 3. The number of hydrogen-bond acceptors (Lipinski definition) is 6. The van der Waals surface area contributed by atoms with Gasteiger partial charge in [-0.05, 0) is 29.5 Å². The highest BCUT2D eigenvalue weighted by atomic mass is 32.2. The summed E-state index contributed by atoms with van der Waals surface area (Å²) < 4.78 is 28.6. The van der Waals surface area contributed by atoms with Crippen LogP contribution in [0.25, 0.3) is 0 Å². The summed E-state index contributed by atoms with van der Waals surface area (Å²) in [5.74, 6) is -2.96. The number of nitrogen functional groups attached to an aromatic ring is 1. The molecule has 8 N–H and O–H groups in total. The first-order valence-corrected chi connectivity index (χ1v) is 15.6. The van der Waals surface area contributed by atoms with E-state index in [4.69, 9.17) is 16.9 Å². The van der Waals surface area contributed by atoms with E-state index in [0.717, 1.165) is 5.56 Å². The van der Waals surface area contributed by atoms with Crippen LogP contribution < -0.4 is 26.8 Å². The molecule has 11 nitrogen and oxygen atoms in total. The number of hydrogen-bond donors (Lipinski definition) is 6. The molecule has 2 atom stereocenters. The molecule has 0 saturated heterocycles. The van der Waals surface area contributed by atoms with Crippen molar-refractivity contribution in [3.8, 4) is 0 Å². The minimum absolute atomic E-state index is 0.0850. The maximum atomic E-state index is 14.0. The average Bonchev–Trinajstić information content (AvgIpc) is 2.98. The lowest BCUT2D eigenvalue weighted by atomic mass is 9.85. The predicted molar refractivity (Wildman–Crippen MR) is 165 cm³/mol. The molecule has 0 aliphatic carbocycles. The van der Waals surface area contributed by atoms with Gasteiger partial charge in [0.15, 0.2) is 0 Å². The highest BCUT2D eigenvalue weighted by Gasteiger charge is 2.36. The number of carbonyl (C=O) groups is 3. The van der Waals surface area contributed by atoms with Gasteiger partial charge in [0.25, 0.3) is 0 Å². The molecule has 0 unspecified atom stereocenters. The van der Waals surface area contributed by atoms with Crippen molar-refractivity contribution < 1.29 is 22.8 Å². The Bertz CT molecular complexity index is 1460. The quantitative estimate of drug-likeness (QED) is 0.106. The van der Waals surface area contributed by atoms with Gasteiger partial charge in [0, 0.05) is 24.4 Å². The number of nitrogens with two attached hydrogens (primary N) is 2. The number of amidine groups is 1. The van der Waals surface area contributed by atoms with Crippen LogP contribution in [-0.4, -0.2) is 49.8 Å². The fourth-order valence-corrected chi connectivity index (χ4v) is 5.91.